The number of hydrogen-bond acceptors (Lipinski definition) is 7. The monoisotopic (exact) mass is 435 g/mol. The minimum absolute atomic E-state index is 0.0940. The number of rotatable bonds is 6. The largest absolute Gasteiger partial charge is 0.459 e. The van der Waals surface area contributed by atoms with Gasteiger partial charge in [0, 0.05) is 43.3 Å². The summed E-state index contributed by atoms with van der Waals surface area (Å²) >= 11 is 0. The fourth-order valence-electron chi connectivity index (χ4n) is 3.87. The molecule has 3 heterocycles. The van der Waals surface area contributed by atoms with E-state index in [0.717, 1.165) is 43.1 Å². The van der Waals surface area contributed by atoms with E-state index in [1.807, 2.05) is 24.3 Å². The summed E-state index contributed by atoms with van der Waals surface area (Å²) in [6.45, 7) is 4.32. The van der Waals surface area contributed by atoms with E-state index in [-0.39, 0.29) is 17.6 Å². The summed E-state index contributed by atoms with van der Waals surface area (Å²) in [5, 5.41) is 6.79. The molecule has 1 saturated heterocycles. The molecular weight excluding hydrogens is 410 g/mol. The van der Waals surface area contributed by atoms with Gasteiger partial charge in [0.05, 0.1) is 6.26 Å². The van der Waals surface area contributed by atoms with Gasteiger partial charge < -0.3 is 24.1 Å². The van der Waals surface area contributed by atoms with Gasteiger partial charge in [-0.15, -0.1) is 0 Å². The van der Waals surface area contributed by atoms with Crippen molar-refractivity contribution in [2.45, 2.75) is 31.7 Å². The van der Waals surface area contributed by atoms with Crippen molar-refractivity contribution in [1.29, 1.82) is 0 Å². The minimum atomic E-state index is -0.617. The first-order valence-electron chi connectivity index (χ1n) is 10.9. The molecule has 2 amide bonds. The molecule has 0 radical (unpaired) electrons. The number of nitrogens with zero attached hydrogens (tertiary/aromatic N) is 4. The molecule has 2 aliphatic rings. The Hall–Kier alpha value is -3.62. The normalized spacial score (nSPS) is 17.3. The molecule has 0 spiro atoms. The van der Waals surface area contributed by atoms with Gasteiger partial charge in [-0.3, -0.25) is 9.59 Å². The summed E-state index contributed by atoms with van der Waals surface area (Å²) < 4.78 is 10.4. The Labute approximate surface area is 185 Å². The zero-order chi connectivity index (χ0) is 22.1. The van der Waals surface area contributed by atoms with E-state index in [0.29, 0.717) is 24.8 Å². The third-order valence-corrected chi connectivity index (χ3v) is 5.91. The van der Waals surface area contributed by atoms with Crippen LogP contribution in [0.15, 0.2) is 51.6 Å². The van der Waals surface area contributed by atoms with Crippen LogP contribution in [-0.4, -0.2) is 59.1 Å². The average Bonchev–Trinajstić information content (AvgIpc) is 3.31. The number of piperazine rings is 1. The van der Waals surface area contributed by atoms with Gasteiger partial charge >= 0.3 is 0 Å². The number of benzene rings is 1. The third-order valence-electron chi connectivity index (χ3n) is 5.91. The summed E-state index contributed by atoms with van der Waals surface area (Å²) in [4.78, 5) is 33.4. The van der Waals surface area contributed by atoms with Gasteiger partial charge in [-0.05, 0) is 56.2 Å². The predicted molar refractivity (Wildman–Crippen MR) is 116 cm³/mol. The first-order chi connectivity index (χ1) is 15.6. The van der Waals surface area contributed by atoms with Crippen LogP contribution >= 0.6 is 0 Å². The molecule has 0 bridgehead atoms. The number of hydrogen-bond donors (Lipinski definition) is 1. The number of carbonyl (C=O) groups is 2. The lowest BCUT2D eigenvalue weighted by molar-refractivity contribution is -0.133. The van der Waals surface area contributed by atoms with E-state index in [2.05, 4.69) is 20.4 Å². The van der Waals surface area contributed by atoms with Crippen molar-refractivity contribution in [1.82, 2.24) is 20.4 Å². The fourth-order valence-corrected chi connectivity index (χ4v) is 3.87. The third kappa shape index (κ3) is 4.23. The van der Waals surface area contributed by atoms with Crippen molar-refractivity contribution in [2.24, 2.45) is 0 Å². The molecule has 1 saturated carbocycles. The molecule has 9 nitrogen and oxygen atoms in total. The summed E-state index contributed by atoms with van der Waals surface area (Å²) in [5.41, 5.74) is 2.02. The quantitative estimate of drug-likeness (QED) is 0.635. The van der Waals surface area contributed by atoms with Crippen LogP contribution in [0.4, 0.5) is 5.69 Å². The lowest BCUT2D eigenvalue weighted by Gasteiger charge is -2.37. The molecule has 1 atom stereocenters. The zero-order valence-electron chi connectivity index (χ0n) is 17.9. The fraction of sp³-hybridized carbons (Fsp3) is 0.391. The Bertz CT molecular complexity index is 1080. The van der Waals surface area contributed by atoms with Crippen molar-refractivity contribution in [3.63, 3.8) is 0 Å². The van der Waals surface area contributed by atoms with E-state index in [1.165, 1.54) is 6.26 Å². The predicted octanol–water partition coefficient (Wildman–Crippen LogP) is 2.67. The van der Waals surface area contributed by atoms with Gasteiger partial charge in [0.15, 0.2) is 5.76 Å². The minimum Gasteiger partial charge on any atom is -0.459 e. The molecule has 5 rings (SSSR count). The lowest BCUT2D eigenvalue weighted by Crippen LogP contribution is -2.54. The summed E-state index contributed by atoms with van der Waals surface area (Å²) in [7, 11) is 0. The molecule has 1 aromatic carbocycles. The Kier molecular flexibility index (Phi) is 5.38. The highest BCUT2D eigenvalue weighted by molar-refractivity contribution is 5.95. The number of anilines is 1. The molecule has 32 heavy (non-hydrogen) atoms. The van der Waals surface area contributed by atoms with E-state index in [4.69, 9.17) is 8.94 Å². The first-order valence-corrected chi connectivity index (χ1v) is 10.9. The van der Waals surface area contributed by atoms with Crippen molar-refractivity contribution in [3.05, 3.63) is 54.3 Å². The average molecular weight is 435 g/mol. The van der Waals surface area contributed by atoms with E-state index >= 15 is 0 Å². The molecule has 2 aromatic heterocycles. The van der Waals surface area contributed by atoms with Crippen LogP contribution in [0, 0.1) is 0 Å². The van der Waals surface area contributed by atoms with Gasteiger partial charge in [-0.25, -0.2) is 0 Å². The van der Waals surface area contributed by atoms with Crippen molar-refractivity contribution in [2.75, 3.05) is 31.1 Å². The maximum Gasteiger partial charge on any atom is 0.287 e. The second-order valence-electron chi connectivity index (χ2n) is 8.26. The van der Waals surface area contributed by atoms with Gasteiger partial charge in [-0.1, -0.05) is 5.16 Å². The van der Waals surface area contributed by atoms with Gasteiger partial charge in [-0.2, -0.15) is 4.98 Å². The van der Waals surface area contributed by atoms with Crippen LogP contribution in [0.5, 0.6) is 0 Å². The van der Waals surface area contributed by atoms with Gasteiger partial charge in [0.1, 0.15) is 6.04 Å². The Morgan fingerprint density at radius 2 is 1.84 bits per heavy atom. The lowest BCUT2D eigenvalue weighted by atomic mass is 10.1. The smallest absolute Gasteiger partial charge is 0.287 e. The van der Waals surface area contributed by atoms with E-state index in [9.17, 15) is 9.59 Å². The number of aromatic nitrogens is 2. The molecule has 1 aliphatic heterocycles. The van der Waals surface area contributed by atoms with Gasteiger partial charge in [0.25, 0.3) is 5.91 Å². The Morgan fingerprint density at radius 3 is 2.50 bits per heavy atom. The molecular formula is C23H25N5O4. The zero-order valence-corrected chi connectivity index (χ0v) is 17.9. The molecule has 9 heteroatoms. The number of carbonyl (C=O) groups excluding carboxylic acids is 2. The number of amides is 2. The standard InChI is InChI=1S/C23H25N5O4/c1-15(24-21(29)19-3-2-14-31-19)23(30)28-12-10-27(11-13-28)18-8-6-16(7-9-18)20-25-22(32-26-20)17-4-5-17/h2-3,6-9,14-15,17H,4-5,10-13H2,1H3,(H,24,29). The van der Waals surface area contributed by atoms with Crippen LogP contribution in [0.1, 0.15) is 42.1 Å². The molecule has 3 aromatic rings. The second-order valence-corrected chi connectivity index (χ2v) is 8.26. The summed E-state index contributed by atoms with van der Waals surface area (Å²) in [6, 6.07) is 10.7. The first kappa shape index (κ1) is 20.3. The van der Waals surface area contributed by atoms with Crippen LogP contribution in [0.25, 0.3) is 11.4 Å². The Morgan fingerprint density at radius 1 is 1.09 bits per heavy atom. The van der Waals surface area contributed by atoms with E-state index in [1.54, 1.807) is 24.0 Å². The summed E-state index contributed by atoms with van der Waals surface area (Å²) in [5.74, 6) is 1.51. The maximum atomic E-state index is 12.7. The number of furan rings is 1. The molecule has 1 unspecified atom stereocenters. The number of nitrogens with one attached hydrogen (secondary N) is 1. The Balaban J connectivity index is 1.14. The van der Waals surface area contributed by atoms with Crippen LogP contribution in [0.3, 0.4) is 0 Å². The van der Waals surface area contributed by atoms with Crippen LogP contribution < -0.4 is 10.2 Å². The highest BCUT2D eigenvalue weighted by Gasteiger charge is 2.30. The van der Waals surface area contributed by atoms with E-state index < -0.39 is 6.04 Å². The maximum absolute atomic E-state index is 12.7. The second kappa shape index (κ2) is 8.49. The topological polar surface area (TPSA) is 105 Å². The SMILES string of the molecule is CC(NC(=O)c1ccco1)C(=O)N1CCN(c2ccc(-c3noc(C4CC4)n3)cc2)CC1. The summed E-state index contributed by atoms with van der Waals surface area (Å²) in [6.07, 6.45) is 3.69. The van der Waals surface area contributed by atoms with Crippen LogP contribution in [-0.2, 0) is 4.79 Å². The molecule has 166 valence electrons. The van der Waals surface area contributed by atoms with Crippen molar-refractivity contribution >= 4 is 17.5 Å². The highest BCUT2D eigenvalue weighted by atomic mass is 16.5. The van der Waals surface area contributed by atoms with Crippen molar-refractivity contribution < 1.29 is 18.5 Å². The van der Waals surface area contributed by atoms with Gasteiger partial charge in [0.2, 0.25) is 17.6 Å². The molecule has 1 N–H and O–H groups in total. The highest BCUT2D eigenvalue weighted by Crippen LogP contribution is 2.39. The van der Waals surface area contributed by atoms with Crippen molar-refractivity contribution in [3.8, 4) is 11.4 Å². The molecule has 2 fully saturated rings. The van der Waals surface area contributed by atoms with Crippen LogP contribution in [0.2, 0.25) is 0 Å². The molecule has 1 aliphatic carbocycles.